The predicted octanol–water partition coefficient (Wildman–Crippen LogP) is 8.35. The van der Waals surface area contributed by atoms with E-state index in [0.717, 1.165) is 48.2 Å². The molecule has 12 heteroatoms. The molecule has 0 radical (unpaired) electrons. The summed E-state index contributed by atoms with van der Waals surface area (Å²) in [5.41, 5.74) is 1.69. The Morgan fingerprint density at radius 3 is 2.47 bits per heavy atom. The van der Waals surface area contributed by atoms with Gasteiger partial charge in [0.2, 0.25) is 0 Å². The molecule has 1 aliphatic carbocycles. The van der Waals surface area contributed by atoms with Crippen LogP contribution in [0.5, 0.6) is 0 Å². The van der Waals surface area contributed by atoms with Gasteiger partial charge in [-0.05, 0) is 125 Å². The molecule has 0 bridgehead atoms. The van der Waals surface area contributed by atoms with Crippen LogP contribution in [0.3, 0.4) is 0 Å². The largest absolute Gasteiger partial charge is 0.444 e. The molecular weight excluding hydrogens is 652 g/mol. The lowest BCUT2D eigenvalue weighted by Crippen LogP contribution is -2.38. The lowest BCUT2D eigenvalue weighted by Gasteiger charge is -2.34. The fraction of sp³-hybridized carbons (Fsp3) is 0.568. The Morgan fingerprint density at radius 1 is 1.06 bits per heavy atom. The molecular formula is C37H44F3N5O3S. The van der Waals surface area contributed by atoms with Crippen molar-refractivity contribution < 1.29 is 27.5 Å². The second kappa shape index (κ2) is 12.4. The van der Waals surface area contributed by atoms with Crippen molar-refractivity contribution in [3.05, 3.63) is 74.8 Å². The highest BCUT2D eigenvalue weighted by atomic mass is 32.1. The highest BCUT2D eigenvalue weighted by molar-refractivity contribution is 7.05. The lowest BCUT2D eigenvalue weighted by atomic mass is 9.71. The summed E-state index contributed by atoms with van der Waals surface area (Å²) in [6.45, 7) is 11.8. The Hall–Kier alpha value is -3.51. The maximum Gasteiger partial charge on any atom is 0.416 e. The van der Waals surface area contributed by atoms with Gasteiger partial charge in [-0.25, -0.2) is 4.79 Å². The number of hydrogen-bond donors (Lipinski definition) is 0. The van der Waals surface area contributed by atoms with Crippen LogP contribution < -0.4 is 4.90 Å². The summed E-state index contributed by atoms with van der Waals surface area (Å²) in [6.07, 6.45) is 0.0305. The minimum absolute atomic E-state index is 0.0237. The molecule has 1 aromatic heterocycles. The summed E-state index contributed by atoms with van der Waals surface area (Å²) >= 11 is 1.37. The van der Waals surface area contributed by atoms with Crippen molar-refractivity contribution in [2.75, 3.05) is 31.1 Å². The smallest absolute Gasteiger partial charge is 0.416 e. The van der Waals surface area contributed by atoms with Crippen LogP contribution in [-0.4, -0.2) is 63.2 Å². The van der Waals surface area contributed by atoms with Crippen LogP contribution in [0.4, 0.5) is 23.7 Å². The van der Waals surface area contributed by atoms with Crippen LogP contribution in [0.25, 0.3) is 0 Å². The number of fused-ring (bicyclic) bond motifs is 1. The molecule has 4 aliphatic rings. The van der Waals surface area contributed by atoms with E-state index in [9.17, 15) is 22.8 Å². The molecule has 3 fully saturated rings. The molecule has 2 amide bonds. The zero-order chi connectivity index (χ0) is 34.9. The Kier molecular flexibility index (Phi) is 8.57. The number of aromatic nitrogens is 2. The van der Waals surface area contributed by atoms with Crippen molar-refractivity contribution >= 4 is 29.2 Å². The van der Waals surface area contributed by atoms with E-state index < -0.39 is 23.2 Å². The number of alkyl halides is 3. The summed E-state index contributed by atoms with van der Waals surface area (Å²) in [5, 5.41) is 4.45. The van der Waals surface area contributed by atoms with Crippen LogP contribution in [0.15, 0.2) is 36.4 Å². The van der Waals surface area contributed by atoms with E-state index in [0.29, 0.717) is 43.3 Å². The van der Waals surface area contributed by atoms with Crippen LogP contribution in [0, 0.1) is 18.3 Å². The number of halogens is 3. The minimum Gasteiger partial charge on any atom is -0.444 e. The van der Waals surface area contributed by atoms with Gasteiger partial charge in [-0.15, -0.1) is 5.10 Å². The second-order valence-corrected chi connectivity index (χ2v) is 16.5. The topological polar surface area (TPSA) is 78.9 Å². The predicted molar refractivity (Wildman–Crippen MR) is 182 cm³/mol. The maximum atomic E-state index is 14.7. The van der Waals surface area contributed by atoms with Crippen molar-refractivity contribution in [2.24, 2.45) is 11.3 Å². The molecule has 0 unspecified atom stereocenters. The quantitative estimate of drug-likeness (QED) is 0.258. The fourth-order valence-electron chi connectivity index (χ4n) is 8.23. The van der Waals surface area contributed by atoms with Gasteiger partial charge in [0.25, 0.3) is 5.91 Å². The van der Waals surface area contributed by atoms with Crippen LogP contribution >= 0.6 is 11.5 Å². The second-order valence-electron chi connectivity index (χ2n) is 15.5. The van der Waals surface area contributed by atoms with Gasteiger partial charge in [-0.2, -0.15) is 13.2 Å². The standard InChI is InChI=1S/C37H44F3N5O3S/c1-22(43-14-12-36(20-43)13-15-44(21-36)34(47)48-35(3,4)5)26-17-28-29(30(18-26)37(38,39)40)19-45(33(28)46)27-11-7-10-25(16-27)31(24-8-6-9-24)32-23(2)49-42-41-32/h7,10-11,16-18,22,24,31H,6,8-9,12-15,19-21H2,1-5H3/t22-,31+,36-/m0/s1. The van der Waals surface area contributed by atoms with Crippen LogP contribution in [-0.2, 0) is 17.5 Å². The highest BCUT2D eigenvalue weighted by Gasteiger charge is 2.47. The zero-order valence-corrected chi connectivity index (χ0v) is 29.6. The first kappa shape index (κ1) is 34.0. The van der Waals surface area contributed by atoms with Gasteiger partial charge in [0.15, 0.2) is 0 Å². The highest BCUT2D eigenvalue weighted by Crippen LogP contribution is 2.47. The molecule has 3 atom stereocenters. The molecule has 49 heavy (non-hydrogen) atoms. The van der Waals surface area contributed by atoms with Crippen molar-refractivity contribution in [1.82, 2.24) is 19.4 Å². The molecule has 1 saturated carbocycles. The summed E-state index contributed by atoms with van der Waals surface area (Å²) in [4.78, 5) is 33.2. The van der Waals surface area contributed by atoms with E-state index in [1.54, 1.807) is 17.0 Å². The Balaban J connectivity index is 1.13. The average Bonchev–Trinajstić information content (AvgIpc) is 3.80. The first-order valence-corrected chi connectivity index (χ1v) is 18.1. The number of carbonyl (C=O) groups excluding carboxylic acids is 2. The summed E-state index contributed by atoms with van der Waals surface area (Å²) in [7, 11) is 0. The van der Waals surface area contributed by atoms with E-state index in [1.165, 1.54) is 22.5 Å². The van der Waals surface area contributed by atoms with E-state index >= 15 is 0 Å². The molecule has 4 heterocycles. The SMILES string of the molecule is Cc1snnc1[C@@H](c1cccc(N2Cc3c(cc([C@H](C)N4CC[C@]5(CCN(C(=O)OC(C)(C)C)C5)C4)cc3C(F)(F)F)C2=O)c1)C1CCC1. The third-order valence-corrected chi connectivity index (χ3v) is 11.7. The van der Waals surface area contributed by atoms with Gasteiger partial charge in [0, 0.05) is 53.1 Å². The zero-order valence-electron chi connectivity index (χ0n) is 28.8. The summed E-state index contributed by atoms with van der Waals surface area (Å²) in [5.74, 6) is 0.0326. The number of likely N-dealkylation sites (tertiary alicyclic amines) is 2. The molecule has 2 aromatic carbocycles. The first-order chi connectivity index (χ1) is 23.1. The van der Waals surface area contributed by atoms with E-state index in [4.69, 9.17) is 4.74 Å². The summed E-state index contributed by atoms with van der Waals surface area (Å²) in [6, 6.07) is 10.2. The monoisotopic (exact) mass is 695 g/mol. The Bertz CT molecular complexity index is 1770. The number of anilines is 1. The fourth-order valence-corrected chi connectivity index (χ4v) is 8.74. The molecule has 1 spiro atoms. The number of nitrogens with zero attached hydrogens (tertiary/aromatic N) is 5. The molecule has 262 valence electrons. The number of hydrogen-bond acceptors (Lipinski definition) is 7. The molecule has 2 saturated heterocycles. The van der Waals surface area contributed by atoms with Crippen molar-refractivity contribution in [3.8, 4) is 0 Å². The normalized spacial score (nSPS) is 22.9. The molecule has 8 nitrogen and oxygen atoms in total. The Morgan fingerprint density at radius 2 is 1.82 bits per heavy atom. The van der Waals surface area contributed by atoms with Crippen LogP contribution in [0.1, 0.15) is 115 Å². The number of benzene rings is 2. The third kappa shape index (κ3) is 6.46. The van der Waals surface area contributed by atoms with E-state index in [2.05, 4.69) is 14.5 Å². The molecule has 7 rings (SSSR count). The van der Waals surface area contributed by atoms with Crippen molar-refractivity contribution in [3.63, 3.8) is 0 Å². The molecule has 3 aromatic rings. The van der Waals surface area contributed by atoms with Crippen LogP contribution in [0.2, 0.25) is 0 Å². The number of amides is 2. The number of aryl methyl sites for hydroxylation is 1. The maximum absolute atomic E-state index is 14.7. The molecule has 0 N–H and O–H groups in total. The average molecular weight is 696 g/mol. The van der Waals surface area contributed by atoms with Gasteiger partial charge in [-0.1, -0.05) is 23.0 Å². The number of rotatable bonds is 6. The first-order valence-electron chi connectivity index (χ1n) is 17.3. The van der Waals surface area contributed by atoms with Gasteiger partial charge >= 0.3 is 12.3 Å². The van der Waals surface area contributed by atoms with E-state index in [-0.39, 0.29) is 41.1 Å². The number of carbonyl (C=O) groups is 2. The van der Waals surface area contributed by atoms with Crippen molar-refractivity contribution in [2.45, 2.75) is 97.0 Å². The van der Waals surface area contributed by atoms with Gasteiger partial charge in [-0.3, -0.25) is 9.69 Å². The minimum atomic E-state index is -4.62. The van der Waals surface area contributed by atoms with Gasteiger partial charge in [0.05, 0.1) is 17.8 Å². The van der Waals surface area contributed by atoms with Gasteiger partial charge < -0.3 is 14.5 Å². The van der Waals surface area contributed by atoms with E-state index in [1.807, 2.05) is 52.8 Å². The number of ether oxygens (including phenoxy) is 1. The third-order valence-electron chi connectivity index (χ3n) is 11.1. The Labute approximate surface area is 289 Å². The van der Waals surface area contributed by atoms with Gasteiger partial charge in [0.1, 0.15) is 5.60 Å². The molecule has 3 aliphatic heterocycles. The lowest BCUT2D eigenvalue weighted by molar-refractivity contribution is -0.138. The summed E-state index contributed by atoms with van der Waals surface area (Å²) < 4.78 is 53.8. The van der Waals surface area contributed by atoms with Crippen molar-refractivity contribution in [1.29, 1.82) is 0 Å².